The molecule has 0 aliphatic carbocycles. The van der Waals surface area contributed by atoms with E-state index in [0.717, 1.165) is 27.9 Å². The van der Waals surface area contributed by atoms with Crippen molar-refractivity contribution >= 4 is 11.0 Å². The molecule has 0 saturated heterocycles. The van der Waals surface area contributed by atoms with Gasteiger partial charge in [-0.1, -0.05) is 5.16 Å². The Balaban J connectivity index is 1.79. The van der Waals surface area contributed by atoms with Gasteiger partial charge in [-0.05, 0) is 25.1 Å². The molecule has 0 amide bonds. The average molecular weight is 292 g/mol. The second-order valence-electron chi connectivity index (χ2n) is 4.96. The minimum Gasteiger partial charge on any atom is -0.334 e. The van der Waals surface area contributed by atoms with Gasteiger partial charge >= 0.3 is 0 Å². The second kappa shape index (κ2) is 4.73. The van der Waals surface area contributed by atoms with Gasteiger partial charge in [0.05, 0.1) is 11.3 Å². The van der Waals surface area contributed by atoms with E-state index < -0.39 is 0 Å². The Morgan fingerprint density at radius 1 is 1.14 bits per heavy atom. The van der Waals surface area contributed by atoms with Crippen LogP contribution in [0.1, 0.15) is 5.69 Å². The molecule has 0 aliphatic rings. The summed E-state index contributed by atoms with van der Waals surface area (Å²) in [4.78, 5) is 12.8. The molecule has 4 aromatic rings. The summed E-state index contributed by atoms with van der Waals surface area (Å²) in [6.45, 7) is 1.95. The lowest BCUT2D eigenvalue weighted by atomic mass is 10.2. The minimum absolute atomic E-state index is 0.435. The number of fused-ring (bicyclic) bond motifs is 1. The highest BCUT2D eigenvalue weighted by atomic mass is 16.5. The molecule has 4 aromatic heterocycles. The molecule has 0 aliphatic heterocycles. The number of rotatable bonds is 2. The Morgan fingerprint density at radius 3 is 2.77 bits per heavy atom. The molecular formula is C15H12N6O. The molecule has 0 unspecified atom stereocenters. The third kappa shape index (κ3) is 1.95. The van der Waals surface area contributed by atoms with Crippen molar-refractivity contribution in [1.82, 2.24) is 29.9 Å². The molecular weight excluding hydrogens is 280 g/mol. The molecule has 0 bridgehead atoms. The highest BCUT2D eigenvalue weighted by Gasteiger charge is 2.13. The van der Waals surface area contributed by atoms with Gasteiger partial charge < -0.3 is 4.52 Å². The van der Waals surface area contributed by atoms with E-state index in [4.69, 9.17) is 4.52 Å². The molecule has 0 aromatic carbocycles. The molecule has 0 radical (unpaired) electrons. The van der Waals surface area contributed by atoms with Crippen LogP contribution in [0.5, 0.6) is 0 Å². The van der Waals surface area contributed by atoms with Crippen LogP contribution in [0.4, 0.5) is 0 Å². The van der Waals surface area contributed by atoms with E-state index in [0.29, 0.717) is 11.7 Å². The molecule has 7 heteroatoms. The fourth-order valence-electron chi connectivity index (χ4n) is 2.38. The molecule has 0 saturated carbocycles. The van der Waals surface area contributed by atoms with Crippen LogP contribution >= 0.6 is 0 Å². The van der Waals surface area contributed by atoms with E-state index in [-0.39, 0.29) is 0 Å². The lowest BCUT2D eigenvalue weighted by Crippen LogP contribution is -1.91. The van der Waals surface area contributed by atoms with Crippen molar-refractivity contribution < 1.29 is 4.52 Å². The summed E-state index contributed by atoms with van der Waals surface area (Å²) in [5.74, 6) is 0.963. The summed E-state index contributed by atoms with van der Waals surface area (Å²) in [6, 6.07) is 5.64. The molecule has 0 spiro atoms. The van der Waals surface area contributed by atoms with E-state index in [1.54, 1.807) is 23.3 Å². The number of pyridine rings is 2. The molecule has 22 heavy (non-hydrogen) atoms. The van der Waals surface area contributed by atoms with Crippen LogP contribution in [0.3, 0.4) is 0 Å². The number of hydrogen-bond donors (Lipinski definition) is 0. The average Bonchev–Trinajstić information content (AvgIpc) is 3.14. The van der Waals surface area contributed by atoms with Crippen LogP contribution in [0.15, 0.2) is 41.3 Å². The van der Waals surface area contributed by atoms with Crippen LogP contribution in [-0.4, -0.2) is 29.9 Å². The van der Waals surface area contributed by atoms with E-state index in [2.05, 4.69) is 25.2 Å². The number of hydrogen-bond acceptors (Lipinski definition) is 6. The Bertz CT molecular complexity index is 957. The van der Waals surface area contributed by atoms with Gasteiger partial charge in [0, 0.05) is 36.6 Å². The number of aromatic nitrogens is 6. The lowest BCUT2D eigenvalue weighted by Gasteiger charge is -1.96. The fraction of sp³-hybridized carbons (Fsp3) is 0.133. The molecule has 7 nitrogen and oxygen atoms in total. The fourth-order valence-corrected chi connectivity index (χ4v) is 2.38. The standard InChI is InChI=1S/C15H12N6O/c1-9-12-7-11(8-17-14(12)21(2)19-9)15-18-13(20-22-15)10-3-5-16-6-4-10/h3-8H,1-2H3. The molecule has 0 N–H and O–H groups in total. The Kier molecular flexibility index (Phi) is 2.72. The molecule has 4 rings (SSSR count). The van der Waals surface area contributed by atoms with Gasteiger partial charge in [-0.3, -0.25) is 9.67 Å². The van der Waals surface area contributed by atoms with E-state index >= 15 is 0 Å². The predicted molar refractivity (Wildman–Crippen MR) is 79.8 cm³/mol. The molecule has 0 fully saturated rings. The van der Waals surface area contributed by atoms with Crippen molar-refractivity contribution in [1.29, 1.82) is 0 Å². The van der Waals surface area contributed by atoms with Gasteiger partial charge in [0.1, 0.15) is 0 Å². The van der Waals surface area contributed by atoms with Gasteiger partial charge in [-0.2, -0.15) is 10.1 Å². The summed E-state index contributed by atoms with van der Waals surface area (Å²) >= 11 is 0. The summed E-state index contributed by atoms with van der Waals surface area (Å²) in [5.41, 5.74) is 3.38. The Morgan fingerprint density at radius 2 is 1.95 bits per heavy atom. The third-order valence-electron chi connectivity index (χ3n) is 3.47. The lowest BCUT2D eigenvalue weighted by molar-refractivity contribution is 0.432. The number of aryl methyl sites for hydroxylation is 2. The van der Waals surface area contributed by atoms with Crippen LogP contribution < -0.4 is 0 Å². The third-order valence-corrected chi connectivity index (χ3v) is 3.47. The zero-order chi connectivity index (χ0) is 15.1. The van der Waals surface area contributed by atoms with Crippen LogP contribution in [0, 0.1) is 6.92 Å². The second-order valence-corrected chi connectivity index (χ2v) is 4.96. The first-order valence-corrected chi connectivity index (χ1v) is 6.76. The van der Waals surface area contributed by atoms with Crippen molar-refractivity contribution in [2.75, 3.05) is 0 Å². The first-order chi connectivity index (χ1) is 10.7. The Hall–Kier alpha value is -3.09. The van der Waals surface area contributed by atoms with E-state index in [1.165, 1.54) is 0 Å². The zero-order valence-electron chi connectivity index (χ0n) is 12.1. The van der Waals surface area contributed by atoms with Crippen molar-refractivity contribution in [3.63, 3.8) is 0 Å². The maximum Gasteiger partial charge on any atom is 0.259 e. The van der Waals surface area contributed by atoms with Crippen LogP contribution in [0.2, 0.25) is 0 Å². The monoisotopic (exact) mass is 292 g/mol. The largest absolute Gasteiger partial charge is 0.334 e. The summed E-state index contributed by atoms with van der Waals surface area (Å²) in [7, 11) is 1.87. The summed E-state index contributed by atoms with van der Waals surface area (Å²) < 4.78 is 7.11. The quantitative estimate of drug-likeness (QED) is 0.564. The van der Waals surface area contributed by atoms with Crippen LogP contribution in [-0.2, 0) is 7.05 Å². The Labute approximate surface area is 125 Å². The molecule has 0 atom stereocenters. The molecule has 108 valence electrons. The van der Waals surface area contributed by atoms with Gasteiger partial charge in [0.2, 0.25) is 5.82 Å². The maximum atomic E-state index is 5.35. The van der Waals surface area contributed by atoms with Crippen LogP contribution in [0.25, 0.3) is 33.9 Å². The van der Waals surface area contributed by atoms with E-state index in [1.807, 2.05) is 32.2 Å². The predicted octanol–water partition coefficient (Wildman–Crippen LogP) is 2.39. The van der Waals surface area contributed by atoms with Gasteiger partial charge in [0.25, 0.3) is 5.89 Å². The highest BCUT2D eigenvalue weighted by Crippen LogP contribution is 2.25. The van der Waals surface area contributed by atoms with Gasteiger partial charge in [-0.25, -0.2) is 4.98 Å². The highest BCUT2D eigenvalue weighted by molar-refractivity contribution is 5.82. The maximum absolute atomic E-state index is 5.35. The van der Waals surface area contributed by atoms with Gasteiger partial charge in [0.15, 0.2) is 5.65 Å². The number of nitrogens with zero attached hydrogens (tertiary/aromatic N) is 6. The van der Waals surface area contributed by atoms with Crippen molar-refractivity contribution in [3.05, 3.63) is 42.5 Å². The van der Waals surface area contributed by atoms with Gasteiger partial charge in [-0.15, -0.1) is 0 Å². The zero-order valence-corrected chi connectivity index (χ0v) is 12.1. The normalized spacial score (nSPS) is 11.2. The van der Waals surface area contributed by atoms with Crippen molar-refractivity contribution in [2.24, 2.45) is 7.05 Å². The van der Waals surface area contributed by atoms with Crippen molar-refractivity contribution in [2.45, 2.75) is 6.92 Å². The first-order valence-electron chi connectivity index (χ1n) is 6.76. The van der Waals surface area contributed by atoms with Crippen molar-refractivity contribution in [3.8, 4) is 22.8 Å². The summed E-state index contributed by atoms with van der Waals surface area (Å²) in [5, 5.41) is 9.34. The smallest absolute Gasteiger partial charge is 0.259 e. The van der Waals surface area contributed by atoms with E-state index in [9.17, 15) is 0 Å². The molecule has 4 heterocycles. The summed E-state index contributed by atoms with van der Waals surface area (Å²) in [6.07, 6.45) is 5.10. The topological polar surface area (TPSA) is 82.5 Å². The SMILES string of the molecule is Cc1nn(C)c2ncc(-c3nc(-c4ccncc4)no3)cc12. The minimum atomic E-state index is 0.435. The first kappa shape index (κ1) is 12.6.